The van der Waals surface area contributed by atoms with Crippen LogP contribution in [-0.4, -0.2) is 28.7 Å². The fourth-order valence-electron chi connectivity index (χ4n) is 4.28. The Morgan fingerprint density at radius 2 is 1.97 bits per heavy atom. The first-order valence-corrected chi connectivity index (χ1v) is 10.6. The number of halogens is 2. The maximum absolute atomic E-state index is 14.6. The molecule has 0 fully saturated rings. The van der Waals surface area contributed by atoms with Gasteiger partial charge in [0, 0.05) is 30.4 Å². The van der Waals surface area contributed by atoms with Crippen LogP contribution >= 0.6 is 11.6 Å². The topological polar surface area (TPSA) is 88.3 Å². The maximum atomic E-state index is 14.6. The number of hydrogen-bond acceptors (Lipinski definition) is 4. The lowest BCUT2D eigenvalue weighted by Gasteiger charge is -2.31. The van der Waals surface area contributed by atoms with Gasteiger partial charge in [-0.15, -0.1) is 0 Å². The number of pyridine rings is 1. The summed E-state index contributed by atoms with van der Waals surface area (Å²) in [6, 6.07) is 12.8. The molecule has 164 valence electrons. The molecule has 3 aromatic rings. The summed E-state index contributed by atoms with van der Waals surface area (Å²) in [5.74, 6) is -0.815. The third kappa shape index (κ3) is 4.03. The minimum absolute atomic E-state index is 0.119. The highest BCUT2D eigenvalue weighted by atomic mass is 35.5. The number of nitrogens with zero attached hydrogens (tertiary/aromatic N) is 2. The van der Waals surface area contributed by atoms with Crippen molar-refractivity contribution in [2.45, 2.75) is 25.4 Å². The quantitative estimate of drug-likeness (QED) is 0.582. The zero-order valence-corrected chi connectivity index (χ0v) is 18.2. The lowest BCUT2D eigenvalue weighted by molar-refractivity contribution is 0.0657. The van der Waals surface area contributed by atoms with Crippen molar-refractivity contribution in [1.82, 2.24) is 9.88 Å². The summed E-state index contributed by atoms with van der Waals surface area (Å²) in [6.45, 7) is 0.119. The van der Waals surface area contributed by atoms with Crippen molar-refractivity contribution in [1.29, 1.82) is 0 Å². The number of carbonyl (C=O) groups excluding carboxylic acids is 2. The predicted octanol–water partition coefficient (Wildman–Crippen LogP) is 4.34. The van der Waals surface area contributed by atoms with Crippen LogP contribution < -0.4 is 11.1 Å². The Hall–Kier alpha value is -3.45. The highest BCUT2D eigenvalue weighted by molar-refractivity contribution is 6.30. The number of nitrogens with two attached hydrogens (primary N) is 1. The number of carbonyl (C=O) groups is 2. The van der Waals surface area contributed by atoms with Gasteiger partial charge in [-0.05, 0) is 59.9 Å². The van der Waals surface area contributed by atoms with Gasteiger partial charge in [0.1, 0.15) is 11.6 Å². The standard InChI is InChI=1S/C24H22ClFN4O2/c1-28-23-18(7-4-10-29-23)24(32)30(13-14-5-2-3-6-16(14)22(27)31)21-9-8-17-19(21)11-15(25)12-20(17)26/h2-7,10-12,21H,8-9,13H2,1H3,(H2,27,31)(H,28,29)/t21-/m1/s1. The SMILES string of the molecule is CNc1ncccc1C(=O)N(Cc1ccccc1C(N)=O)[C@@H]1CCc2c(F)cc(Cl)cc21. The van der Waals surface area contributed by atoms with E-state index in [1.807, 2.05) is 0 Å². The van der Waals surface area contributed by atoms with E-state index in [4.69, 9.17) is 17.3 Å². The molecule has 32 heavy (non-hydrogen) atoms. The molecule has 2 aromatic carbocycles. The molecule has 0 aliphatic heterocycles. The van der Waals surface area contributed by atoms with E-state index >= 15 is 0 Å². The molecule has 0 unspecified atom stereocenters. The van der Waals surface area contributed by atoms with Crippen LogP contribution in [0.5, 0.6) is 0 Å². The maximum Gasteiger partial charge on any atom is 0.258 e. The predicted molar refractivity (Wildman–Crippen MR) is 121 cm³/mol. The van der Waals surface area contributed by atoms with E-state index in [-0.39, 0.29) is 23.3 Å². The van der Waals surface area contributed by atoms with E-state index in [2.05, 4.69) is 10.3 Å². The van der Waals surface area contributed by atoms with Gasteiger partial charge < -0.3 is 16.0 Å². The lowest BCUT2D eigenvalue weighted by Crippen LogP contribution is -2.35. The van der Waals surface area contributed by atoms with Gasteiger partial charge in [-0.2, -0.15) is 0 Å². The van der Waals surface area contributed by atoms with Crippen molar-refractivity contribution in [2.75, 3.05) is 12.4 Å². The van der Waals surface area contributed by atoms with Crippen molar-refractivity contribution in [2.24, 2.45) is 5.73 Å². The first-order valence-electron chi connectivity index (χ1n) is 10.2. The van der Waals surface area contributed by atoms with E-state index < -0.39 is 11.9 Å². The molecule has 0 radical (unpaired) electrons. The van der Waals surface area contributed by atoms with Crippen LogP contribution in [0.15, 0.2) is 54.7 Å². The van der Waals surface area contributed by atoms with Crippen LogP contribution in [0.2, 0.25) is 5.02 Å². The zero-order valence-electron chi connectivity index (χ0n) is 17.4. The van der Waals surface area contributed by atoms with Gasteiger partial charge in [-0.1, -0.05) is 29.8 Å². The van der Waals surface area contributed by atoms with Gasteiger partial charge in [-0.25, -0.2) is 9.37 Å². The fraction of sp³-hybridized carbons (Fsp3) is 0.208. The molecule has 0 saturated heterocycles. The van der Waals surface area contributed by atoms with Gasteiger partial charge in [0.25, 0.3) is 5.91 Å². The number of fused-ring (bicyclic) bond motifs is 1. The monoisotopic (exact) mass is 452 g/mol. The summed E-state index contributed by atoms with van der Waals surface area (Å²) in [4.78, 5) is 31.6. The van der Waals surface area contributed by atoms with Crippen molar-refractivity contribution in [3.8, 4) is 0 Å². The van der Waals surface area contributed by atoms with Crippen LogP contribution in [-0.2, 0) is 13.0 Å². The van der Waals surface area contributed by atoms with Gasteiger partial charge in [-0.3, -0.25) is 9.59 Å². The van der Waals surface area contributed by atoms with Gasteiger partial charge >= 0.3 is 0 Å². The number of nitrogens with one attached hydrogen (secondary N) is 1. The number of rotatable bonds is 6. The summed E-state index contributed by atoms with van der Waals surface area (Å²) in [7, 11) is 1.69. The molecule has 6 nitrogen and oxygen atoms in total. The van der Waals surface area contributed by atoms with Crippen LogP contribution in [0.1, 0.15) is 49.9 Å². The summed E-state index contributed by atoms with van der Waals surface area (Å²) in [6.07, 6.45) is 2.61. The van der Waals surface area contributed by atoms with Crippen LogP contribution in [0, 0.1) is 5.82 Å². The molecule has 0 saturated carbocycles. The van der Waals surface area contributed by atoms with Crippen molar-refractivity contribution >= 4 is 29.2 Å². The third-order valence-electron chi connectivity index (χ3n) is 5.76. The molecule has 0 bridgehead atoms. The fourth-order valence-corrected chi connectivity index (χ4v) is 4.50. The van der Waals surface area contributed by atoms with E-state index in [9.17, 15) is 14.0 Å². The average molecular weight is 453 g/mol. The first-order chi connectivity index (χ1) is 15.4. The van der Waals surface area contributed by atoms with Crippen LogP contribution in [0.25, 0.3) is 0 Å². The molecule has 1 aliphatic carbocycles. The number of primary amides is 1. The average Bonchev–Trinajstić information content (AvgIpc) is 3.21. The Morgan fingerprint density at radius 3 is 2.72 bits per heavy atom. The van der Waals surface area contributed by atoms with Crippen LogP contribution in [0.3, 0.4) is 0 Å². The second-order valence-corrected chi connectivity index (χ2v) is 8.05. The molecule has 1 heterocycles. The second-order valence-electron chi connectivity index (χ2n) is 7.61. The van der Waals surface area contributed by atoms with E-state index in [1.165, 1.54) is 6.07 Å². The van der Waals surface area contributed by atoms with E-state index in [0.717, 1.165) is 0 Å². The van der Waals surface area contributed by atoms with Gasteiger partial charge in [0.2, 0.25) is 5.91 Å². The number of anilines is 1. The van der Waals surface area contributed by atoms with Crippen molar-refractivity contribution in [3.05, 3.63) is 93.4 Å². The normalized spacial score (nSPS) is 14.7. The minimum Gasteiger partial charge on any atom is -0.372 e. The molecule has 1 aromatic heterocycles. The molecule has 0 spiro atoms. The Kier molecular flexibility index (Phi) is 6.10. The smallest absolute Gasteiger partial charge is 0.258 e. The Morgan fingerprint density at radius 1 is 1.22 bits per heavy atom. The number of benzene rings is 2. The highest BCUT2D eigenvalue weighted by Crippen LogP contribution is 2.40. The third-order valence-corrected chi connectivity index (χ3v) is 5.98. The summed E-state index contributed by atoms with van der Waals surface area (Å²) in [5.41, 5.74) is 8.12. The van der Waals surface area contributed by atoms with Gasteiger partial charge in [0.05, 0.1) is 11.6 Å². The Bertz CT molecular complexity index is 1200. The number of hydrogen-bond donors (Lipinski definition) is 2. The molecular formula is C24H22ClFN4O2. The Balaban J connectivity index is 1.82. The summed E-state index contributed by atoms with van der Waals surface area (Å²) < 4.78 is 14.6. The molecule has 2 amide bonds. The molecule has 8 heteroatoms. The van der Waals surface area contributed by atoms with Gasteiger partial charge in [0.15, 0.2) is 0 Å². The highest BCUT2D eigenvalue weighted by Gasteiger charge is 2.35. The molecule has 1 aliphatic rings. The van der Waals surface area contributed by atoms with E-state index in [0.29, 0.717) is 46.5 Å². The summed E-state index contributed by atoms with van der Waals surface area (Å²) >= 11 is 6.15. The second kappa shape index (κ2) is 8.96. The first kappa shape index (κ1) is 21.8. The number of amides is 2. The molecule has 1 atom stereocenters. The lowest BCUT2D eigenvalue weighted by atomic mass is 10.0. The van der Waals surface area contributed by atoms with Crippen molar-refractivity contribution in [3.63, 3.8) is 0 Å². The molecule has 4 rings (SSSR count). The van der Waals surface area contributed by atoms with E-state index in [1.54, 1.807) is 60.6 Å². The number of aromatic nitrogens is 1. The zero-order chi connectivity index (χ0) is 22.8. The summed E-state index contributed by atoms with van der Waals surface area (Å²) in [5, 5.41) is 3.21. The molecule has 3 N–H and O–H groups in total. The molecular weight excluding hydrogens is 431 g/mol. The van der Waals surface area contributed by atoms with Crippen molar-refractivity contribution < 1.29 is 14.0 Å². The van der Waals surface area contributed by atoms with Crippen LogP contribution in [0.4, 0.5) is 10.2 Å². The Labute approximate surface area is 190 Å². The largest absolute Gasteiger partial charge is 0.372 e. The minimum atomic E-state index is -0.578.